The molecule has 0 aliphatic heterocycles. The molecular formula is C26H54O2Si. The van der Waals surface area contributed by atoms with E-state index in [0.29, 0.717) is 10.5 Å². The first-order chi connectivity index (χ1) is 13.7. The topological polar surface area (TPSA) is 26.3 Å². The molecule has 0 aromatic heterocycles. The van der Waals surface area contributed by atoms with Gasteiger partial charge >= 0.3 is 0 Å². The summed E-state index contributed by atoms with van der Waals surface area (Å²) in [7, 11) is 0.527. The fourth-order valence-electron chi connectivity index (χ4n) is 4.48. The molecule has 0 heterocycles. The van der Waals surface area contributed by atoms with E-state index in [1.54, 1.807) is 0 Å². The van der Waals surface area contributed by atoms with Crippen LogP contribution in [0.4, 0.5) is 0 Å². The van der Waals surface area contributed by atoms with Gasteiger partial charge in [0.1, 0.15) is 0 Å². The molecule has 0 fully saturated rings. The summed E-state index contributed by atoms with van der Waals surface area (Å²) in [4.78, 5) is 13.0. The van der Waals surface area contributed by atoms with Crippen LogP contribution >= 0.6 is 0 Å². The van der Waals surface area contributed by atoms with Crippen LogP contribution in [0, 0.1) is 23.2 Å². The van der Waals surface area contributed by atoms with E-state index in [9.17, 15) is 4.79 Å². The lowest BCUT2D eigenvalue weighted by molar-refractivity contribution is -0.147. The molecule has 0 saturated heterocycles. The first kappa shape index (κ1) is 28.7. The van der Waals surface area contributed by atoms with Crippen molar-refractivity contribution in [2.75, 3.05) is 0 Å². The third-order valence-electron chi connectivity index (χ3n) is 6.43. The van der Waals surface area contributed by atoms with Gasteiger partial charge in [0.2, 0.25) is 10.5 Å². The maximum Gasteiger partial charge on any atom is 0.298 e. The van der Waals surface area contributed by atoms with E-state index in [-0.39, 0.29) is 11.4 Å². The van der Waals surface area contributed by atoms with Crippen LogP contribution in [0.2, 0.25) is 0 Å². The Bertz CT molecular complexity index is 345. The van der Waals surface area contributed by atoms with Crippen molar-refractivity contribution in [2.45, 2.75) is 138 Å². The zero-order valence-electron chi connectivity index (χ0n) is 21.2. The predicted octanol–water partition coefficient (Wildman–Crippen LogP) is 7.62. The van der Waals surface area contributed by atoms with Crippen molar-refractivity contribution in [1.82, 2.24) is 0 Å². The minimum Gasteiger partial charge on any atom is -0.528 e. The van der Waals surface area contributed by atoms with Gasteiger partial charge in [-0.25, -0.2) is 0 Å². The lowest BCUT2D eigenvalue weighted by atomic mass is 9.74. The second-order valence-electron chi connectivity index (χ2n) is 10.8. The number of carbonyl (C=O) groups is 1. The summed E-state index contributed by atoms with van der Waals surface area (Å²) in [6.07, 6.45) is 18.3. The predicted molar refractivity (Wildman–Crippen MR) is 132 cm³/mol. The molecule has 0 spiro atoms. The van der Waals surface area contributed by atoms with E-state index >= 15 is 0 Å². The van der Waals surface area contributed by atoms with Gasteiger partial charge in [0.15, 0.2) is 0 Å². The molecule has 0 radical (unpaired) electrons. The monoisotopic (exact) mass is 426 g/mol. The summed E-state index contributed by atoms with van der Waals surface area (Å²) in [5, 5.41) is 0. The highest BCUT2D eigenvalue weighted by atomic mass is 28.2. The van der Waals surface area contributed by atoms with Crippen LogP contribution < -0.4 is 0 Å². The molecule has 0 atom stereocenters. The average molecular weight is 427 g/mol. The lowest BCUT2D eigenvalue weighted by Crippen LogP contribution is -2.33. The lowest BCUT2D eigenvalue weighted by Gasteiger charge is -2.32. The number of hydrogen-bond donors (Lipinski definition) is 0. The number of rotatable bonds is 19. The van der Waals surface area contributed by atoms with Gasteiger partial charge in [0, 0.05) is 0 Å². The standard InChI is InChI=1S/C26H54O2Si/c1-22(2)16-10-7-13-19-26(25(27)28-29,20-14-8-11-17-23(3)4)21-15-9-12-18-24(5)6/h22-24H,7-21H2,1-6,29H3. The maximum atomic E-state index is 13.0. The summed E-state index contributed by atoms with van der Waals surface area (Å²) < 4.78 is 5.50. The van der Waals surface area contributed by atoms with Crippen molar-refractivity contribution < 1.29 is 9.22 Å². The molecule has 3 heteroatoms. The van der Waals surface area contributed by atoms with Crippen LogP contribution in [0.15, 0.2) is 0 Å². The summed E-state index contributed by atoms with van der Waals surface area (Å²) in [5.41, 5.74) is -0.199. The summed E-state index contributed by atoms with van der Waals surface area (Å²) in [6.45, 7) is 13.8. The van der Waals surface area contributed by atoms with E-state index in [1.807, 2.05) is 0 Å². The van der Waals surface area contributed by atoms with E-state index in [0.717, 1.165) is 37.0 Å². The Morgan fingerprint density at radius 1 is 0.621 bits per heavy atom. The molecular weight excluding hydrogens is 372 g/mol. The highest BCUT2D eigenvalue weighted by Crippen LogP contribution is 2.39. The third-order valence-corrected chi connectivity index (χ3v) is 6.80. The zero-order valence-corrected chi connectivity index (χ0v) is 23.2. The molecule has 0 N–H and O–H groups in total. The average Bonchev–Trinajstić information content (AvgIpc) is 2.65. The smallest absolute Gasteiger partial charge is 0.298 e. The maximum absolute atomic E-state index is 13.0. The Hall–Kier alpha value is -0.313. The fraction of sp³-hybridized carbons (Fsp3) is 0.962. The minimum atomic E-state index is -0.199. The normalized spacial score (nSPS) is 12.4. The Morgan fingerprint density at radius 3 is 1.17 bits per heavy atom. The van der Waals surface area contributed by atoms with Crippen LogP contribution in [-0.2, 0) is 9.22 Å². The Kier molecular flexibility index (Phi) is 17.2. The SMILES string of the molecule is CC(C)CCCCCC(CCCCCC(C)C)(CCCCCC(C)C)C(=O)O[SiH3]. The van der Waals surface area contributed by atoms with Crippen molar-refractivity contribution in [1.29, 1.82) is 0 Å². The molecule has 0 saturated carbocycles. The van der Waals surface area contributed by atoms with Crippen molar-refractivity contribution in [3.63, 3.8) is 0 Å². The second kappa shape index (κ2) is 17.4. The van der Waals surface area contributed by atoms with Crippen LogP contribution in [0.1, 0.15) is 138 Å². The number of carbonyl (C=O) groups excluding carboxylic acids is 1. The van der Waals surface area contributed by atoms with Crippen molar-refractivity contribution in [3.8, 4) is 0 Å². The van der Waals surface area contributed by atoms with Crippen LogP contribution in [0.3, 0.4) is 0 Å². The molecule has 29 heavy (non-hydrogen) atoms. The van der Waals surface area contributed by atoms with Crippen LogP contribution in [-0.4, -0.2) is 16.5 Å². The molecule has 2 nitrogen and oxygen atoms in total. The first-order valence-electron chi connectivity index (χ1n) is 12.8. The summed E-state index contributed by atoms with van der Waals surface area (Å²) >= 11 is 0. The summed E-state index contributed by atoms with van der Waals surface area (Å²) in [5.74, 6) is 2.48. The van der Waals surface area contributed by atoms with Gasteiger partial charge in [0.25, 0.3) is 5.97 Å². The highest BCUT2D eigenvalue weighted by molar-refractivity contribution is 6.06. The van der Waals surface area contributed by atoms with Crippen LogP contribution in [0.25, 0.3) is 0 Å². The third kappa shape index (κ3) is 15.2. The first-order valence-corrected chi connectivity index (χ1v) is 13.6. The quantitative estimate of drug-likeness (QED) is 0.157. The second-order valence-corrected chi connectivity index (χ2v) is 11.2. The molecule has 0 unspecified atom stereocenters. The van der Waals surface area contributed by atoms with E-state index in [4.69, 9.17) is 4.43 Å². The molecule has 0 bridgehead atoms. The number of unbranched alkanes of at least 4 members (excludes halogenated alkanes) is 6. The van der Waals surface area contributed by atoms with Crippen molar-refractivity contribution >= 4 is 16.5 Å². The molecule has 0 aromatic rings. The zero-order chi connectivity index (χ0) is 22.1. The van der Waals surface area contributed by atoms with Gasteiger partial charge in [-0.05, 0) is 37.0 Å². The number of hydrogen-bond acceptors (Lipinski definition) is 2. The molecule has 0 aliphatic carbocycles. The molecule has 0 rings (SSSR count). The fourth-order valence-corrected chi connectivity index (χ4v) is 4.91. The van der Waals surface area contributed by atoms with Crippen molar-refractivity contribution in [3.05, 3.63) is 0 Å². The highest BCUT2D eigenvalue weighted by Gasteiger charge is 2.37. The van der Waals surface area contributed by atoms with Gasteiger partial charge in [-0.3, -0.25) is 4.79 Å². The molecule has 0 aromatic carbocycles. The molecule has 0 amide bonds. The van der Waals surface area contributed by atoms with Crippen molar-refractivity contribution in [2.24, 2.45) is 23.2 Å². The largest absolute Gasteiger partial charge is 0.528 e. The Morgan fingerprint density at radius 2 is 0.931 bits per heavy atom. The van der Waals surface area contributed by atoms with Gasteiger partial charge in [-0.1, -0.05) is 119 Å². The van der Waals surface area contributed by atoms with Gasteiger partial charge in [0.05, 0.1) is 5.41 Å². The van der Waals surface area contributed by atoms with E-state index in [2.05, 4.69) is 41.5 Å². The molecule has 174 valence electrons. The van der Waals surface area contributed by atoms with Crippen LogP contribution in [0.5, 0.6) is 0 Å². The van der Waals surface area contributed by atoms with E-state index < -0.39 is 0 Å². The van der Waals surface area contributed by atoms with Gasteiger partial charge < -0.3 is 4.43 Å². The Labute approximate surface area is 186 Å². The minimum absolute atomic E-state index is 0.126. The van der Waals surface area contributed by atoms with Gasteiger partial charge in [-0.2, -0.15) is 0 Å². The molecule has 0 aliphatic rings. The Balaban J connectivity index is 4.76. The van der Waals surface area contributed by atoms with E-state index in [1.165, 1.54) is 77.0 Å². The van der Waals surface area contributed by atoms with Gasteiger partial charge in [-0.15, -0.1) is 0 Å². The summed E-state index contributed by atoms with van der Waals surface area (Å²) in [6, 6.07) is 0.